The van der Waals surface area contributed by atoms with Gasteiger partial charge in [-0.15, -0.1) is 11.3 Å². The van der Waals surface area contributed by atoms with Gasteiger partial charge in [-0.25, -0.2) is 4.98 Å². The number of hydrogen-bond donors (Lipinski definition) is 1. The number of aromatic nitrogens is 1. The second kappa shape index (κ2) is 5.74. The third-order valence-corrected chi connectivity index (χ3v) is 4.35. The average molecular weight is 298 g/mol. The number of methoxy groups -OCH3 is 1. The number of nitrogens with zero attached hydrogens (tertiary/aromatic N) is 1. The van der Waals surface area contributed by atoms with Crippen LogP contribution in [-0.2, 0) is 6.54 Å². The summed E-state index contributed by atoms with van der Waals surface area (Å²) >= 11 is 1.72. The van der Waals surface area contributed by atoms with Gasteiger partial charge in [-0.05, 0) is 38.1 Å². The van der Waals surface area contributed by atoms with Gasteiger partial charge in [-0.2, -0.15) is 0 Å². The summed E-state index contributed by atoms with van der Waals surface area (Å²) in [4.78, 5) is 4.48. The highest BCUT2D eigenvalue weighted by atomic mass is 32.1. The highest BCUT2D eigenvalue weighted by molar-refractivity contribution is 7.18. The molecule has 0 unspecified atom stereocenters. The number of aryl methyl sites for hydroxylation is 2. The number of fused-ring (bicyclic) bond motifs is 1. The molecule has 3 nitrogen and oxygen atoms in total. The smallest absolute Gasteiger partial charge is 0.123 e. The molecule has 0 saturated carbocycles. The van der Waals surface area contributed by atoms with Gasteiger partial charge in [0.05, 0.1) is 22.3 Å². The van der Waals surface area contributed by atoms with Gasteiger partial charge in [0.1, 0.15) is 5.75 Å². The van der Waals surface area contributed by atoms with E-state index < -0.39 is 0 Å². The quantitative estimate of drug-likeness (QED) is 0.768. The first-order valence-electron chi connectivity index (χ1n) is 6.90. The van der Waals surface area contributed by atoms with Crippen molar-refractivity contribution in [2.24, 2.45) is 0 Å². The zero-order chi connectivity index (χ0) is 14.8. The van der Waals surface area contributed by atoms with Gasteiger partial charge in [0, 0.05) is 17.8 Å². The molecular formula is C17H18N2OS. The summed E-state index contributed by atoms with van der Waals surface area (Å²) in [6, 6.07) is 12.5. The van der Waals surface area contributed by atoms with Crippen LogP contribution >= 0.6 is 11.3 Å². The highest BCUT2D eigenvalue weighted by Crippen LogP contribution is 2.26. The number of hydrogen-bond acceptors (Lipinski definition) is 4. The molecule has 3 aromatic rings. The summed E-state index contributed by atoms with van der Waals surface area (Å²) in [5, 5.41) is 4.56. The van der Waals surface area contributed by atoms with Crippen LogP contribution < -0.4 is 10.1 Å². The summed E-state index contributed by atoms with van der Waals surface area (Å²) in [7, 11) is 1.71. The van der Waals surface area contributed by atoms with Crippen molar-refractivity contribution in [3.8, 4) is 5.75 Å². The van der Waals surface area contributed by atoms with Crippen LogP contribution in [0.3, 0.4) is 0 Å². The predicted molar refractivity (Wildman–Crippen MR) is 89.4 cm³/mol. The fraction of sp³-hybridized carbons (Fsp3) is 0.235. The molecule has 1 N–H and O–H groups in total. The highest BCUT2D eigenvalue weighted by Gasteiger charge is 2.05. The van der Waals surface area contributed by atoms with E-state index in [4.69, 9.17) is 4.74 Å². The van der Waals surface area contributed by atoms with Crippen molar-refractivity contribution >= 4 is 27.2 Å². The molecule has 0 saturated heterocycles. The molecule has 0 aliphatic rings. The van der Waals surface area contributed by atoms with Crippen LogP contribution in [0, 0.1) is 13.8 Å². The topological polar surface area (TPSA) is 34.1 Å². The van der Waals surface area contributed by atoms with Gasteiger partial charge in [-0.1, -0.05) is 17.7 Å². The lowest BCUT2D eigenvalue weighted by Gasteiger charge is -2.11. The number of rotatable bonds is 4. The molecule has 1 aromatic heterocycles. The van der Waals surface area contributed by atoms with E-state index in [0.717, 1.165) is 34.1 Å². The van der Waals surface area contributed by atoms with Crippen LogP contribution in [0.25, 0.3) is 10.2 Å². The lowest BCUT2D eigenvalue weighted by Crippen LogP contribution is -2.02. The zero-order valence-electron chi connectivity index (χ0n) is 12.4. The van der Waals surface area contributed by atoms with Crippen molar-refractivity contribution in [2.45, 2.75) is 20.4 Å². The normalized spacial score (nSPS) is 10.8. The van der Waals surface area contributed by atoms with Gasteiger partial charge in [0.15, 0.2) is 0 Å². The van der Waals surface area contributed by atoms with E-state index in [1.165, 1.54) is 10.3 Å². The molecule has 0 amide bonds. The summed E-state index contributed by atoms with van der Waals surface area (Å²) in [5.41, 5.74) is 4.57. The Morgan fingerprint density at radius 3 is 2.81 bits per heavy atom. The lowest BCUT2D eigenvalue weighted by molar-refractivity contribution is 0.410. The molecule has 2 aromatic carbocycles. The van der Waals surface area contributed by atoms with Crippen LogP contribution in [0.15, 0.2) is 36.4 Å². The Hall–Kier alpha value is -2.07. The van der Waals surface area contributed by atoms with Crippen molar-refractivity contribution in [1.82, 2.24) is 4.98 Å². The van der Waals surface area contributed by atoms with Crippen LogP contribution in [-0.4, -0.2) is 12.1 Å². The Labute approximate surface area is 128 Å². The molecule has 0 aliphatic carbocycles. The zero-order valence-corrected chi connectivity index (χ0v) is 13.3. The van der Waals surface area contributed by atoms with Crippen LogP contribution in [0.4, 0.5) is 5.69 Å². The van der Waals surface area contributed by atoms with Gasteiger partial charge in [0.25, 0.3) is 0 Å². The Kier molecular flexibility index (Phi) is 3.80. The molecule has 108 valence electrons. The van der Waals surface area contributed by atoms with Gasteiger partial charge < -0.3 is 10.1 Å². The van der Waals surface area contributed by atoms with Crippen molar-refractivity contribution in [3.63, 3.8) is 0 Å². The van der Waals surface area contributed by atoms with Crippen molar-refractivity contribution in [1.29, 1.82) is 0 Å². The number of ether oxygens (including phenoxy) is 1. The number of anilines is 1. The third-order valence-electron chi connectivity index (χ3n) is 3.41. The minimum absolute atomic E-state index is 0.744. The number of benzene rings is 2. The first kappa shape index (κ1) is 13.9. The Morgan fingerprint density at radius 1 is 1.14 bits per heavy atom. The summed E-state index contributed by atoms with van der Waals surface area (Å²) in [5.74, 6) is 0.919. The van der Waals surface area contributed by atoms with E-state index in [9.17, 15) is 0 Å². The van der Waals surface area contributed by atoms with E-state index in [-0.39, 0.29) is 0 Å². The molecule has 4 heteroatoms. The molecule has 0 spiro atoms. The fourth-order valence-electron chi connectivity index (χ4n) is 2.39. The monoisotopic (exact) mass is 298 g/mol. The first-order chi connectivity index (χ1) is 10.2. The minimum atomic E-state index is 0.744. The van der Waals surface area contributed by atoms with Crippen LogP contribution in [0.2, 0.25) is 0 Å². The standard InChI is InChI=1S/C17H18N2OS/c1-11-4-7-16(20-3)13(8-11)10-18-14-5-6-15-17(9-14)21-12(2)19-15/h4-9,18H,10H2,1-3H3. The third kappa shape index (κ3) is 3.00. The molecule has 0 radical (unpaired) electrons. The number of nitrogens with one attached hydrogen (secondary N) is 1. The summed E-state index contributed by atoms with van der Waals surface area (Å²) in [6.45, 7) is 4.87. The Bertz CT molecular complexity index is 780. The molecule has 0 fully saturated rings. The lowest BCUT2D eigenvalue weighted by atomic mass is 10.1. The average Bonchev–Trinajstić information content (AvgIpc) is 2.84. The molecule has 0 atom stereocenters. The molecule has 3 rings (SSSR count). The Balaban J connectivity index is 1.81. The minimum Gasteiger partial charge on any atom is -0.496 e. The maximum absolute atomic E-state index is 5.41. The molecule has 0 aliphatic heterocycles. The predicted octanol–water partition coefficient (Wildman–Crippen LogP) is 4.53. The second-order valence-corrected chi connectivity index (χ2v) is 6.32. The SMILES string of the molecule is COc1ccc(C)cc1CNc1ccc2nc(C)sc2c1. The van der Waals surface area contributed by atoms with E-state index in [2.05, 4.69) is 47.6 Å². The molecule has 0 bridgehead atoms. The first-order valence-corrected chi connectivity index (χ1v) is 7.72. The Morgan fingerprint density at radius 2 is 2.00 bits per heavy atom. The molecule has 21 heavy (non-hydrogen) atoms. The largest absolute Gasteiger partial charge is 0.496 e. The maximum atomic E-state index is 5.41. The van der Waals surface area contributed by atoms with E-state index in [0.29, 0.717) is 0 Å². The summed E-state index contributed by atoms with van der Waals surface area (Å²) < 4.78 is 6.63. The fourth-order valence-corrected chi connectivity index (χ4v) is 3.26. The van der Waals surface area contributed by atoms with E-state index in [1.54, 1.807) is 18.4 Å². The molecule has 1 heterocycles. The van der Waals surface area contributed by atoms with E-state index in [1.807, 2.05) is 13.0 Å². The van der Waals surface area contributed by atoms with Crippen molar-refractivity contribution in [3.05, 3.63) is 52.5 Å². The van der Waals surface area contributed by atoms with Crippen molar-refractivity contribution in [2.75, 3.05) is 12.4 Å². The number of thiazole rings is 1. The molecular weight excluding hydrogens is 280 g/mol. The van der Waals surface area contributed by atoms with Gasteiger partial charge in [0.2, 0.25) is 0 Å². The van der Waals surface area contributed by atoms with Crippen LogP contribution in [0.1, 0.15) is 16.1 Å². The van der Waals surface area contributed by atoms with Crippen molar-refractivity contribution < 1.29 is 4.74 Å². The van der Waals surface area contributed by atoms with Crippen LogP contribution in [0.5, 0.6) is 5.75 Å². The maximum Gasteiger partial charge on any atom is 0.123 e. The van der Waals surface area contributed by atoms with Gasteiger partial charge in [-0.3, -0.25) is 0 Å². The second-order valence-electron chi connectivity index (χ2n) is 5.08. The van der Waals surface area contributed by atoms with Gasteiger partial charge >= 0.3 is 0 Å². The summed E-state index contributed by atoms with van der Waals surface area (Å²) in [6.07, 6.45) is 0. The van der Waals surface area contributed by atoms with E-state index >= 15 is 0 Å².